The predicted molar refractivity (Wildman–Crippen MR) is 98.2 cm³/mol. The largest absolute Gasteiger partial charge is 0.465 e. The van der Waals surface area contributed by atoms with Crippen molar-refractivity contribution in [1.29, 1.82) is 0 Å². The van der Waals surface area contributed by atoms with Crippen molar-refractivity contribution in [2.24, 2.45) is 9.98 Å². The summed E-state index contributed by atoms with van der Waals surface area (Å²) in [7, 11) is 1.26. The SMILES string of the molecule is COC(=O)C=NC1C=Nc2ccc3cc4ccccc4cc3c2C1=O. The van der Waals surface area contributed by atoms with Gasteiger partial charge in [-0.15, -0.1) is 0 Å². The molecule has 1 atom stereocenters. The van der Waals surface area contributed by atoms with Crippen LogP contribution in [-0.2, 0) is 9.53 Å². The van der Waals surface area contributed by atoms with E-state index in [4.69, 9.17) is 0 Å². The second-order valence-electron chi connectivity index (χ2n) is 5.77. The summed E-state index contributed by atoms with van der Waals surface area (Å²) in [6, 6.07) is 15.0. The topological polar surface area (TPSA) is 68.1 Å². The maximum Gasteiger partial charge on any atom is 0.348 e. The molecule has 0 saturated carbocycles. The summed E-state index contributed by atoms with van der Waals surface area (Å²) in [6.45, 7) is 0. The number of fused-ring (bicyclic) bond motifs is 4. The summed E-state index contributed by atoms with van der Waals surface area (Å²) in [5, 5.41) is 3.98. The molecule has 1 heterocycles. The predicted octanol–water partition coefficient (Wildman–Crippen LogP) is 3.50. The van der Waals surface area contributed by atoms with Gasteiger partial charge >= 0.3 is 5.97 Å². The maximum absolute atomic E-state index is 12.9. The van der Waals surface area contributed by atoms with Crippen LogP contribution >= 0.6 is 0 Å². The Labute approximate surface area is 143 Å². The molecule has 0 amide bonds. The lowest BCUT2D eigenvalue weighted by Crippen LogP contribution is -2.24. The number of carbonyl (C=O) groups is 2. The molecule has 0 N–H and O–H groups in total. The van der Waals surface area contributed by atoms with E-state index in [9.17, 15) is 9.59 Å². The first kappa shape index (κ1) is 15.2. The van der Waals surface area contributed by atoms with Crippen molar-refractivity contribution < 1.29 is 14.3 Å². The molecule has 25 heavy (non-hydrogen) atoms. The molecule has 0 fully saturated rings. The molecule has 0 aromatic heterocycles. The summed E-state index contributed by atoms with van der Waals surface area (Å²) in [4.78, 5) is 32.5. The van der Waals surface area contributed by atoms with Crippen molar-refractivity contribution in [1.82, 2.24) is 0 Å². The third kappa shape index (κ3) is 2.59. The van der Waals surface area contributed by atoms with Crippen molar-refractivity contribution in [3.05, 3.63) is 54.1 Å². The highest BCUT2D eigenvalue weighted by Crippen LogP contribution is 2.34. The van der Waals surface area contributed by atoms with Crippen LogP contribution < -0.4 is 0 Å². The summed E-state index contributed by atoms with van der Waals surface area (Å²) in [5.74, 6) is -0.776. The second-order valence-corrected chi connectivity index (χ2v) is 5.77. The van der Waals surface area contributed by atoms with Crippen LogP contribution in [0, 0.1) is 0 Å². The monoisotopic (exact) mass is 330 g/mol. The first-order valence-corrected chi connectivity index (χ1v) is 7.82. The molecule has 1 aliphatic heterocycles. The number of ketones is 1. The van der Waals surface area contributed by atoms with E-state index in [2.05, 4.69) is 20.8 Å². The van der Waals surface area contributed by atoms with Crippen LogP contribution in [0.15, 0.2) is 58.5 Å². The Bertz CT molecular complexity index is 1080. The number of esters is 1. The van der Waals surface area contributed by atoms with Crippen molar-refractivity contribution in [2.75, 3.05) is 7.11 Å². The number of Topliss-reactive ketones (excluding diaryl/α,β-unsaturated/α-hetero) is 1. The average molecular weight is 330 g/mol. The minimum absolute atomic E-state index is 0.175. The van der Waals surface area contributed by atoms with Gasteiger partial charge in [0, 0.05) is 6.21 Å². The number of benzene rings is 3. The molecule has 1 unspecified atom stereocenters. The van der Waals surface area contributed by atoms with Gasteiger partial charge in [-0.3, -0.25) is 14.8 Å². The van der Waals surface area contributed by atoms with E-state index in [-0.39, 0.29) is 5.78 Å². The molecule has 5 nitrogen and oxygen atoms in total. The van der Waals surface area contributed by atoms with Crippen LogP contribution in [0.4, 0.5) is 5.69 Å². The van der Waals surface area contributed by atoms with Crippen LogP contribution in [0.5, 0.6) is 0 Å². The molecule has 3 aromatic rings. The van der Waals surface area contributed by atoms with Crippen LogP contribution in [0.25, 0.3) is 21.5 Å². The number of hydrogen-bond donors (Lipinski definition) is 0. The molecule has 0 bridgehead atoms. The lowest BCUT2D eigenvalue weighted by molar-refractivity contribution is -0.132. The van der Waals surface area contributed by atoms with E-state index in [1.165, 1.54) is 13.3 Å². The van der Waals surface area contributed by atoms with Crippen molar-refractivity contribution in [3.63, 3.8) is 0 Å². The van der Waals surface area contributed by atoms with E-state index in [1.807, 2.05) is 42.5 Å². The van der Waals surface area contributed by atoms with Gasteiger partial charge in [0.05, 0.1) is 18.4 Å². The van der Waals surface area contributed by atoms with E-state index in [1.54, 1.807) is 0 Å². The summed E-state index contributed by atoms with van der Waals surface area (Å²) < 4.78 is 4.52. The minimum Gasteiger partial charge on any atom is -0.465 e. The Balaban J connectivity index is 1.88. The molecule has 3 aromatic carbocycles. The normalized spacial score (nSPS) is 16.5. The fraction of sp³-hybridized carbons (Fsp3) is 0.100. The van der Waals surface area contributed by atoms with Crippen molar-refractivity contribution in [2.45, 2.75) is 6.04 Å². The van der Waals surface area contributed by atoms with Gasteiger partial charge in [-0.25, -0.2) is 4.79 Å². The van der Waals surface area contributed by atoms with E-state index in [0.29, 0.717) is 11.3 Å². The molecule has 0 radical (unpaired) electrons. The van der Waals surface area contributed by atoms with E-state index in [0.717, 1.165) is 27.8 Å². The summed E-state index contributed by atoms with van der Waals surface area (Å²) in [5.41, 5.74) is 1.16. The molecule has 1 aliphatic rings. The summed E-state index contributed by atoms with van der Waals surface area (Å²) >= 11 is 0. The molecule has 0 aliphatic carbocycles. The number of hydrogen-bond acceptors (Lipinski definition) is 5. The first-order chi connectivity index (χ1) is 12.2. The Morgan fingerprint density at radius 2 is 1.88 bits per heavy atom. The third-order valence-electron chi connectivity index (χ3n) is 4.28. The first-order valence-electron chi connectivity index (χ1n) is 7.82. The number of nitrogens with zero attached hydrogens (tertiary/aromatic N) is 2. The molecule has 5 heteroatoms. The average Bonchev–Trinajstić information content (AvgIpc) is 2.65. The number of carbonyl (C=O) groups excluding carboxylic acids is 2. The van der Waals surface area contributed by atoms with Crippen LogP contribution in [0.3, 0.4) is 0 Å². The van der Waals surface area contributed by atoms with Crippen LogP contribution in [-0.4, -0.2) is 37.3 Å². The lowest BCUT2D eigenvalue weighted by Gasteiger charge is -2.17. The van der Waals surface area contributed by atoms with Gasteiger partial charge in [0.1, 0.15) is 12.3 Å². The fourth-order valence-electron chi connectivity index (χ4n) is 3.04. The molecular weight excluding hydrogens is 316 g/mol. The zero-order valence-corrected chi connectivity index (χ0v) is 13.5. The zero-order chi connectivity index (χ0) is 17.4. The van der Waals surface area contributed by atoms with Gasteiger partial charge in [0.25, 0.3) is 0 Å². The van der Waals surface area contributed by atoms with Crippen LogP contribution in [0.1, 0.15) is 10.4 Å². The van der Waals surface area contributed by atoms with Gasteiger partial charge in [0.15, 0.2) is 5.78 Å². The second kappa shape index (κ2) is 5.94. The van der Waals surface area contributed by atoms with E-state index < -0.39 is 12.0 Å². The van der Waals surface area contributed by atoms with Crippen molar-refractivity contribution >= 4 is 51.4 Å². The van der Waals surface area contributed by atoms with Crippen molar-refractivity contribution in [3.8, 4) is 0 Å². The van der Waals surface area contributed by atoms with Gasteiger partial charge in [0.2, 0.25) is 0 Å². The number of rotatable bonds is 2. The number of ether oxygens (including phenoxy) is 1. The minimum atomic E-state index is -0.816. The Hall–Kier alpha value is -3.34. The molecule has 122 valence electrons. The Morgan fingerprint density at radius 3 is 2.64 bits per heavy atom. The third-order valence-corrected chi connectivity index (χ3v) is 4.28. The van der Waals surface area contributed by atoms with Crippen LogP contribution in [0.2, 0.25) is 0 Å². The Morgan fingerprint density at radius 1 is 1.12 bits per heavy atom. The lowest BCUT2D eigenvalue weighted by atomic mass is 9.92. The van der Waals surface area contributed by atoms with Gasteiger partial charge in [-0.05, 0) is 39.7 Å². The molecule has 0 spiro atoms. The van der Waals surface area contributed by atoms with Gasteiger partial charge in [-0.1, -0.05) is 30.3 Å². The molecule has 0 saturated heterocycles. The quantitative estimate of drug-likeness (QED) is 0.410. The molecular formula is C20H14N2O3. The Kier molecular flexibility index (Phi) is 3.61. The highest BCUT2D eigenvalue weighted by Gasteiger charge is 2.26. The standard InChI is InChI=1S/C20H14N2O3/c1-25-18(23)11-22-17-10-21-16-7-6-14-8-12-4-2-3-5-13(12)9-15(14)19(16)20(17)24/h2-11,17H,1H3. The highest BCUT2D eigenvalue weighted by molar-refractivity contribution is 6.26. The molecule has 4 rings (SSSR count). The smallest absolute Gasteiger partial charge is 0.348 e. The number of aliphatic imine (C=N–C) groups is 2. The fourth-order valence-corrected chi connectivity index (χ4v) is 3.04. The number of methoxy groups -OCH3 is 1. The van der Waals surface area contributed by atoms with E-state index >= 15 is 0 Å². The highest BCUT2D eigenvalue weighted by atomic mass is 16.5. The van der Waals surface area contributed by atoms with Gasteiger partial charge < -0.3 is 4.74 Å². The summed E-state index contributed by atoms with van der Waals surface area (Å²) in [6.07, 6.45) is 2.47. The van der Waals surface area contributed by atoms with Gasteiger partial charge in [-0.2, -0.15) is 0 Å². The maximum atomic E-state index is 12.9. The zero-order valence-electron chi connectivity index (χ0n) is 13.5.